The molecule has 1 aliphatic heterocycles. The predicted octanol–water partition coefficient (Wildman–Crippen LogP) is 4.29. The van der Waals surface area contributed by atoms with Crippen molar-refractivity contribution in [1.29, 1.82) is 0 Å². The third-order valence-corrected chi connectivity index (χ3v) is 7.77. The fourth-order valence-corrected chi connectivity index (χ4v) is 6.04. The Kier molecular flexibility index (Phi) is 7.97. The quantitative estimate of drug-likeness (QED) is 0.280. The van der Waals surface area contributed by atoms with Gasteiger partial charge in [0.1, 0.15) is 6.54 Å². The van der Waals surface area contributed by atoms with E-state index in [1.807, 2.05) is 17.4 Å². The van der Waals surface area contributed by atoms with Crippen LogP contribution in [0.4, 0.5) is 13.2 Å². The van der Waals surface area contributed by atoms with E-state index >= 15 is 0 Å². The van der Waals surface area contributed by atoms with E-state index in [1.165, 1.54) is 0 Å². The summed E-state index contributed by atoms with van der Waals surface area (Å²) in [6, 6.07) is 19.9. The number of likely N-dealkylation sites (tertiary alicyclic amines) is 1. The minimum absolute atomic E-state index is 0.339. The van der Waals surface area contributed by atoms with E-state index < -0.39 is 42.2 Å². The molecule has 5 rings (SSSR count). The molecule has 0 spiro atoms. The van der Waals surface area contributed by atoms with E-state index in [0.29, 0.717) is 52.8 Å². The second-order valence-electron chi connectivity index (χ2n) is 10.5. The number of fused-ring (bicyclic) bond motifs is 3. The number of benzene rings is 3. The summed E-state index contributed by atoms with van der Waals surface area (Å²) in [6.45, 7) is -0.197. The van der Waals surface area contributed by atoms with Crippen LogP contribution in [0.1, 0.15) is 58.3 Å². The van der Waals surface area contributed by atoms with Gasteiger partial charge in [-0.3, -0.25) is 19.3 Å². The topological polar surface area (TPSA) is 105 Å². The van der Waals surface area contributed by atoms with Crippen LogP contribution >= 0.6 is 0 Å². The maximum absolute atomic E-state index is 13.3. The molecule has 3 aromatic rings. The van der Waals surface area contributed by atoms with Gasteiger partial charge in [-0.1, -0.05) is 67.1 Å². The molecule has 0 radical (unpaired) electrons. The number of piperidine rings is 1. The summed E-state index contributed by atoms with van der Waals surface area (Å²) < 4.78 is 38.9. The highest BCUT2D eigenvalue weighted by atomic mass is 19.4. The second kappa shape index (κ2) is 11.5. The van der Waals surface area contributed by atoms with Gasteiger partial charge in [-0.2, -0.15) is 13.2 Å². The zero-order valence-electron chi connectivity index (χ0n) is 22.3. The minimum atomic E-state index is -4.56. The standard InChI is InChI=1S/C31H31F3N4O3/c32-31(33,34)18-36-29(41)26-22-13-6-5-12-21(22)25-23(26)14-9-15-24(25)27(38-16-7-2-8-17-38)30(35,19-39)37-28(40)20-10-3-1-4-11-20/h1,3-6,9-15,19,26-27H,2,7-8,16-18,35H2,(H,36,41)(H,37,40). The summed E-state index contributed by atoms with van der Waals surface area (Å²) in [5.41, 5.74) is 8.30. The molecule has 1 saturated heterocycles. The van der Waals surface area contributed by atoms with Crippen molar-refractivity contribution < 1.29 is 27.6 Å². The molecule has 4 N–H and O–H groups in total. The summed E-state index contributed by atoms with van der Waals surface area (Å²) in [7, 11) is 0. The highest BCUT2D eigenvalue weighted by Gasteiger charge is 2.45. The van der Waals surface area contributed by atoms with Crippen molar-refractivity contribution in [1.82, 2.24) is 15.5 Å². The lowest BCUT2D eigenvalue weighted by Crippen LogP contribution is -2.65. The SMILES string of the molecule is NC(C=O)(NC(=O)c1ccccc1)C(c1cccc2c1-c1ccccc1C2C(=O)NCC(F)(F)F)N1CCCCC1. The molecule has 1 fully saturated rings. The number of nitrogens with two attached hydrogens (primary N) is 1. The van der Waals surface area contributed by atoms with Crippen molar-refractivity contribution in [2.24, 2.45) is 5.73 Å². The number of carbonyl (C=O) groups is 3. The van der Waals surface area contributed by atoms with Gasteiger partial charge in [-0.25, -0.2) is 0 Å². The Balaban J connectivity index is 1.62. The molecule has 3 unspecified atom stereocenters. The molecule has 0 saturated carbocycles. The number of alkyl halides is 3. The molecule has 10 heteroatoms. The Morgan fingerprint density at radius 1 is 0.927 bits per heavy atom. The van der Waals surface area contributed by atoms with Gasteiger partial charge in [0.25, 0.3) is 5.91 Å². The molecular formula is C31H31F3N4O3. The Labute approximate surface area is 235 Å². The fraction of sp³-hybridized carbons (Fsp3) is 0.323. The lowest BCUT2D eigenvalue weighted by molar-refractivity contribution is -0.138. The molecule has 2 aliphatic rings. The first kappa shape index (κ1) is 28.5. The Bertz CT molecular complexity index is 1440. The van der Waals surface area contributed by atoms with Crippen LogP contribution in [0.15, 0.2) is 72.8 Å². The number of rotatable bonds is 8. The van der Waals surface area contributed by atoms with E-state index in [9.17, 15) is 27.6 Å². The highest BCUT2D eigenvalue weighted by molar-refractivity contribution is 5.98. The normalized spacial score (nSPS) is 18.9. The molecule has 0 aromatic heterocycles. The maximum Gasteiger partial charge on any atom is 0.405 e. The molecule has 214 valence electrons. The number of nitrogens with zero attached hydrogens (tertiary/aromatic N) is 1. The summed E-state index contributed by atoms with van der Waals surface area (Å²) in [5.74, 6) is -2.26. The van der Waals surface area contributed by atoms with Crippen molar-refractivity contribution in [3.05, 3.63) is 95.1 Å². The van der Waals surface area contributed by atoms with E-state index in [-0.39, 0.29) is 0 Å². The van der Waals surface area contributed by atoms with Crippen molar-refractivity contribution >= 4 is 18.1 Å². The lowest BCUT2D eigenvalue weighted by Gasteiger charge is -2.43. The average molecular weight is 565 g/mol. The van der Waals surface area contributed by atoms with Gasteiger partial charge in [0.05, 0.1) is 12.0 Å². The van der Waals surface area contributed by atoms with Gasteiger partial charge in [0, 0.05) is 5.56 Å². The predicted molar refractivity (Wildman–Crippen MR) is 148 cm³/mol. The number of aldehydes is 1. The first-order chi connectivity index (χ1) is 19.6. The van der Waals surface area contributed by atoms with Crippen molar-refractivity contribution in [3.8, 4) is 11.1 Å². The van der Waals surface area contributed by atoms with Crippen molar-refractivity contribution in [2.75, 3.05) is 19.6 Å². The Morgan fingerprint density at radius 2 is 1.59 bits per heavy atom. The number of carbonyl (C=O) groups excluding carboxylic acids is 3. The van der Waals surface area contributed by atoms with Crippen LogP contribution in [0.3, 0.4) is 0 Å². The molecular weight excluding hydrogens is 533 g/mol. The Hall–Kier alpha value is -4.02. The van der Waals surface area contributed by atoms with Crippen LogP contribution in [-0.2, 0) is 9.59 Å². The smallest absolute Gasteiger partial charge is 0.346 e. The van der Waals surface area contributed by atoms with Gasteiger partial charge in [-0.15, -0.1) is 0 Å². The van der Waals surface area contributed by atoms with Crippen LogP contribution in [-0.4, -0.2) is 54.5 Å². The highest BCUT2D eigenvalue weighted by Crippen LogP contribution is 2.49. The largest absolute Gasteiger partial charge is 0.405 e. The third kappa shape index (κ3) is 5.75. The number of halogens is 3. The lowest BCUT2D eigenvalue weighted by atomic mass is 9.85. The van der Waals surface area contributed by atoms with Gasteiger partial charge in [0.15, 0.2) is 11.9 Å². The monoisotopic (exact) mass is 564 g/mol. The molecule has 3 atom stereocenters. The van der Waals surface area contributed by atoms with Crippen LogP contribution < -0.4 is 16.4 Å². The third-order valence-electron chi connectivity index (χ3n) is 7.77. The van der Waals surface area contributed by atoms with Gasteiger partial charge >= 0.3 is 6.18 Å². The molecule has 1 heterocycles. The Morgan fingerprint density at radius 3 is 2.27 bits per heavy atom. The van der Waals surface area contributed by atoms with Crippen LogP contribution in [0.25, 0.3) is 11.1 Å². The van der Waals surface area contributed by atoms with Gasteiger partial charge in [-0.05, 0) is 65.9 Å². The number of nitrogens with one attached hydrogen (secondary N) is 2. The summed E-state index contributed by atoms with van der Waals surface area (Å²) in [5, 5.41) is 4.80. The van der Waals surface area contributed by atoms with E-state index in [2.05, 4.69) is 10.2 Å². The van der Waals surface area contributed by atoms with E-state index in [1.54, 1.807) is 60.7 Å². The van der Waals surface area contributed by atoms with Crippen molar-refractivity contribution in [3.63, 3.8) is 0 Å². The van der Waals surface area contributed by atoms with Crippen LogP contribution in [0, 0.1) is 0 Å². The van der Waals surface area contributed by atoms with Gasteiger partial charge < -0.3 is 16.4 Å². The maximum atomic E-state index is 13.3. The number of amides is 2. The number of hydrogen-bond acceptors (Lipinski definition) is 5. The molecule has 0 bridgehead atoms. The summed E-state index contributed by atoms with van der Waals surface area (Å²) in [4.78, 5) is 41.3. The second-order valence-corrected chi connectivity index (χ2v) is 10.5. The molecule has 7 nitrogen and oxygen atoms in total. The molecule has 1 aliphatic carbocycles. The van der Waals surface area contributed by atoms with E-state index in [4.69, 9.17) is 5.73 Å². The fourth-order valence-electron chi connectivity index (χ4n) is 6.04. The average Bonchev–Trinajstić information content (AvgIpc) is 3.32. The molecule has 2 amide bonds. The summed E-state index contributed by atoms with van der Waals surface area (Å²) >= 11 is 0. The minimum Gasteiger partial charge on any atom is -0.346 e. The number of hydrogen-bond donors (Lipinski definition) is 3. The van der Waals surface area contributed by atoms with Gasteiger partial charge in [0.2, 0.25) is 5.91 Å². The van der Waals surface area contributed by atoms with E-state index in [0.717, 1.165) is 19.3 Å². The summed E-state index contributed by atoms with van der Waals surface area (Å²) in [6.07, 6.45) is -1.27. The zero-order valence-corrected chi connectivity index (χ0v) is 22.3. The van der Waals surface area contributed by atoms with Crippen LogP contribution in [0.5, 0.6) is 0 Å². The first-order valence-corrected chi connectivity index (χ1v) is 13.6. The zero-order chi connectivity index (χ0) is 29.2. The first-order valence-electron chi connectivity index (χ1n) is 13.6. The van der Waals surface area contributed by atoms with Crippen molar-refractivity contribution in [2.45, 2.75) is 43.1 Å². The molecule has 41 heavy (non-hydrogen) atoms. The molecule has 3 aromatic carbocycles. The van der Waals surface area contributed by atoms with Crippen LogP contribution in [0.2, 0.25) is 0 Å².